The molecule has 1 fully saturated rings. The van der Waals surface area contributed by atoms with Crippen molar-refractivity contribution in [2.24, 2.45) is 4.99 Å². The van der Waals surface area contributed by atoms with Gasteiger partial charge in [0.05, 0.1) is 6.61 Å². The first-order valence-electron chi connectivity index (χ1n) is 10.2. The molecule has 27 heavy (non-hydrogen) atoms. The Balaban J connectivity index is 0.00000676. The molecule has 0 unspecified atom stereocenters. The normalized spacial score (nSPS) is 14.9. The molecule has 0 atom stereocenters. The molecule has 0 aromatic rings. The minimum Gasteiger partial charge on any atom is -0.450 e. The van der Waals surface area contributed by atoms with Gasteiger partial charge >= 0.3 is 6.09 Å². The maximum absolute atomic E-state index is 11.8. The van der Waals surface area contributed by atoms with Crippen LogP contribution >= 0.6 is 24.0 Å². The van der Waals surface area contributed by atoms with E-state index in [0.717, 1.165) is 38.6 Å². The first kappa shape index (κ1) is 26.2. The maximum Gasteiger partial charge on any atom is 0.409 e. The second kappa shape index (κ2) is 16.2. The van der Waals surface area contributed by atoms with E-state index in [9.17, 15) is 4.79 Å². The van der Waals surface area contributed by atoms with Gasteiger partial charge in [-0.3, -0.25) is 4.99 Å². The van der Waals surface area contributed by atoms with Crippen LogP contribution in [0.2, 0.25) is 0 Å². The van der Waals surface area contributed by atoms with Crippen molar-refractivity contribution in [1.29, 1.82) is 0 Å². The molecule has 160 valence electrons. The lowest BCUT2D eigenvalue weighted by Gasteiger charge is -2.35. The molecule has 8 heteroatoms. The van der Waals surface area contributed by atoms with Gasteiger partial charge in [0.25, 0.3) is 0 Å². The number of hydrogen-bond acceptors (Lipinski definition) is 4. The van der Waals surface area contributed by atoms with Crippen LogP contribution in [0.3, 0.4) is 0 Å². The SMILES string of the molecule is CCNC(=NCCCCCCCN(C)C)N1CCN(C(=O)OCC)CC1.I. The molecule has 0 aromatic carbocycles. The Labute approximate surface area is 182 Å². The summed E-state index contributed by atoms with van der Waals surface area (Å²) < 4.78 is 5.08. The summed E-state index contributed by atoms with van der Waals surface area (Å²) in [5, 5.41) is 3.38. The van der Waals surface area contributed by atoms with Crippen LogP contribution in [-0.2, 0) is 4.74 Å². The standard InChI is InChI=1S/C19H39N5O2.HI/c1-5-20-18(21-12-10-8-7-9-11-13-22(3)4)23-14-16-24(17-15-23)19(25)26-6-2;/h5-17H2,1-4H3,(H,20,21);1H. The average Bonchev–Trinajstić information content (AvgIpc) is 2.63. The van der Waals surface area contributed by atoms with Gasteiger partial charge in [0.2, 0.25) is 0 Å². The number of unbranched alkanes of at least 4 members (excludes halogenated alkanes) is 4. The molecular weight excluding hydrogens is 457 g/mol. The lowest BCUT2D eigenvalue weighted by atomic mass is 10.1. The molecule has 0 spiro atoms. The van der Waals surface area contributed by atoms with Gasteiger partial charge < -0.3 is 24.8 Å². The van der Waals surface area contributed by atoms with E-state index in [4.69, 9.17) is 9.73 Å². The molecule has 1 N–H and O–H groups in total. The molecule has 1 saturated heterocycles. The van der Waals surface area contributed by atoms with Crippen LogP contribution < -0.4 is 5.32 Å². The van der Waals surface area contributed by atoms with Crippen LogP contribution in [0, 0.1) is 0 Å². The van der Waals surface area contributed by atoms with Crippen molar-refractivity contribution < 1.29 is 9.53 Å². The van der Waals surface area contributed by atoms with Crippen LogP contribution in [0.25, 0.3) is 0 Å². The Morgan fingerprint density at radius 3 is 2.19 bits per heavy atom. The highest BCUT2D eigenvalue weighted by molar-refractivity contribution is 14.0. The van der Waals surface area contributed by atoms with E-state index >= 15 is 0 Å². The van der Waals surface area contributed by atoms with Crippen LogP contribution in [0.15, 0.2) is 4.99 Å². The molecule has 0 saturated carbocycles. The second-order valence-corrected chi connectivity index (χ2v) is 6.98. The lowest BCUT2D eigenvalue weighted by Crippen LogP contribution is -2.53. The molecule has 0 bridgehead atoms. The van der Waals surface area contributed by atoms with Crippen LogP contribution in [0.4, 0.5) is 4.79 Å². The molecule has 1 aliphatic rings. The first-order valence-corrected chi connectivity index (χ1v) is 10.2. The lowest BCUT2D eigenvalue weighted by molar-refractivity contribution is 0.0914. The van der Waals surface area contributed by atoms with Gasteiger partial charge in [0, 0.05) is 39.3 Å². The number of nitrogens with one attached hydrogen (secondary N) is 1. The summed E-state index contributed by atoms with van der Waals surface area (Å²) in [5.41, 5.74) is 0. The van der Waals surface area contributed by atoms with Gasteiger partial charge in [0.1, 0.15) is 0 Å². The number of rotatable bonds is 10. The van der Waals surface area contributed by atoms with Crippen molar-refractivity contribution in [3.8, 4) is 0 Å². The zero-order valence-corrected chi connectivity index (χ0v) is 20.0. The van der Waals surface area contributed by atoms with Gasteiger partial charge in [-0.2, -0.15) is 0 Å². The van der Waals surface area contributed by atoms with E-state index in [1.54, 1.807) is 4.90 Å². The Bertz CT molecular complexity index is 413. The molecule has 1 rings (SSSR count). The molecule has 0 radical (unpaired) electrons. The Hall–Kier alpha value is -0.770. The zero-order valence-electron chi connectivity index (χ0n) is 17.7. The summed E-state index contributed by atoms with van der Waals surface area (Å²) in [7, 11) is 4.26. The van der Waals surface area contributed by atoms with Crippen molar-refractivity contribution >= 4 is 36.0 Å². The van der Waals surface area contributed by atoms with Gasteiger partial charge in [-0.15, -0.1) is 24.0 Å². The van der Waals surface area contributed by atoms with Crippen molar-refractivity contribution in [2.45, 2.75) is 46.0 Å². The number of carbonyl (C=O) groups is 1. The smallest absolute Gasteiger partial charge is 0.409 e. The van der Waals surface area contributed by atoms with Gasteiger partial charge in [-0.05, 0) is 47.3 Å². The number of carbonyl (C=O) groups excluding carboxylic acids is 1. The van der Waals surface area contributed by atoms with E-state index < -0.39 is 0 Å². The average molecular weight is 497 g/mol. The number of aliphatic imine (C=N–C) groups is 1. The van der Waals surface area contributed by atoms with E-state index in [-0.39, 0.29) is 30.1 Å². The fourth-order valence-corrected chi connectivity index (χ4v) is 3.00. The zero-order chi connectivity index (χ0) is 19.2. The van der Waals surface area contributed by atoms with Crippen LogP contribution in [0.5, 0.6) is 0 Å². The minimum absolute atomic E-state index is 0. The Kier molecular flexibility index (Phi) is 15.7. The van der Waals surface area contributed by atoms with Gasteiger partial charge in [0.15, 0.2) is 5.96 Å². The molecule has 0 aliphatic carbocycles. The summed E-state index contributed by atoms with van der Waals surface area (Å²) in [4.78, 5) is 22.8. The van der Waals surface area contributed by atoms with E-state index in [2.05, 4.69) is 36.1 Å². The van der Waals surface area contributed by atoms with E-state index in [1.807, 2.05) is 6.92 Å². The minimum atomic E-state index is -0.205. The van der Waals surface area contributed by atoms with Crippen molar-refractivity contribution in [1.82, 2.24) is 20.0 Å². The van der Waals surface area contributed by atoms with Gasteiger partial charge in [-0.1, -0.05) is 19.3 Å². The predicted molar refractivity (Wildman–Crippen MR) is 123 cm³/mol. The number of ether oxygens (including phenoxy) is 1. The number of nitrogens with zero attached hydrogens (tertiary/aromatic N) is 4. The molecule has 7 nitrogen and oxygen atoms in total. The number of amides is 1. The fraction of sp³-hybridized carbons (Fsp3) is 0.895. The highest BCUT2D eigenvalue weighted by Crippen LogP contribution is 2.06. The summed E-state index contributed by atoms with van der Waals surface area (Å²) in [6.45, 7) is 10.3. The van der Waals surface area contributed by atoms with Crippen molar-refractivity contribution in [3.63, 3.8) is 0 Å². The quantitative estimate of drug-likeness (QED) is 0.218. The Morgan fingerprint density at radius 2 is 1.59 bits per heavy atom. The highest BCUT2D eigenvalue weighted by atomic mass is 127. The molecule has 1 aliphatic heterocycles. The third-order valence-electron chi connectivity index (χ3n) is 4.47. The molecule has 1 heterocycles. The number of hydrogen-bond donors (Lipinski definition) is 1. The highest BCUT2D eigenvalue weighted by Gasteiger charge is 2.23. The van der Waals surface area contributed by atoms with E-state index in [0.29, 0.717) is 19.7 Å². The maximum atomic E-state index is 11.8. The monoisotopic (exact) mass is 497 g/mol. The molecular formula is C19H40IN5O2. The van der Waals surface area contributed by atoms with Crippen LogP contribution in [0.1, 0.15) is 46.0 Å². The van der Waals surface area contributed by atoms with Crippen molar-refractivity contribution in [3.05, 3.63) is 0 Å². The summed E-state index contributed by atoms with van der Waals surface area (Å²) in [6, 6.07) is 0. The second-order valence-electron chi connectivity index (χ2n) is 6.98. The molecule has 1 amide bonds. The third kappa shape index (κ3) is 11.6. The fourth-order valence-electron chi connectivity index (χ4n) is 3.00. The van der Waals surface area contributed by atoms with Crippen LogP contribution in [-0.4, -0.2) is 93.3 Å². The molecule has 0 aromatic heterocycles. The third-order valence-corrected chi connectivity index (χ3v) is 4.47. The topological polar surface area (TPSA) is 60.4 Å². The van der Waals surface area contributed by atoms with E-state index in [1.165, 1.54) is 32.2 Å². The largest absolute Gasteiger partial charge is 0.450 e. The number of piperazine rings is 1. The number of guanidine groups is 1. The summed E-state index contributed by atoms with van der Waals surface area (Å²) in [6.07, 6.45) is 6.05. The summed E-state index contributed by atoms with van der Waals surface area (Å²) in [5.74, 6) is 0.976. The Morgan fingerprint density at radius 1 is 1.00 bits per heavy atom. The van der Waals surface area contributed by atoms with Crippen molar-refractivity contribution in [2.75, 3.05) is 66.5 Å². The summed E-state index contributed by atoms with van der Waals surface area (Å²) >= 11 is 0. The predicted octanol–water partition coefficient (Wildman–Crippen LogP) is 2.86. The first-order chi connectivity index (χ1) is 12.6. The number of halogens is 1. The van der Waals surface area contributed by atoms with Gasteiger partial charge in [-0.25, -0.2) is 4.79 Å².